The summed E-state index contributed by atoms with van der Waals surface area (Å²) in [6, 6.07) is 11.9. The zero-order valence-corrected chi connectivity index (χ0v) is 19.8. The maximum Gasteiger partial charge on any atom is 0.469 e. The van der Waals surface area contributed by atoms with E-state index in [1.807, 2.05) is 18.2 Å². The van der Waals surface area contributed by atoms with Gasteiger partial charge in [-0.2, -0.15) is 0 Å². The van der Waals surface area contributed by atoms with E-state index in [0.29, 0.717) is 11.4 Å². The number of nitrogens with zero attached hydrogens (tertiary/aromatic N) is 3. The SMILES string of the molecule is COc1cccc(-c2ccnc(Cn3c(=O)ccn([C@@H]4O[C@H](COP(=O)(O)O)C(O)[C@@H]4O)c3=O)c2)c1. The Labute approximate surface area is 204 Å². The van der Waals surface area contributed by atoms with Crippen LogP contribution in [0, 0.1) is 0 Å². The van der Waals surface area contributed by atoms with E-state index in [1.54, 1.807) is 31.5 Å². The molecular weight excluding hydrogens is 497 g/mol. The lowest BCUT2D eigenvalue weighted by Crippen LogP contribution is -2.43. The molecule has 14 heteroatoms. The number of methoxy groups -OCH3 is 1. The molecule has 0 saturated carbocycles. The van der Waals surface area contributed by atoms with E-state index in [9.17, 15) is 24.4 Å². The minimum Gasteiger partial charge on any atom is -0.497 e. The molecule has 36 heavy (non-hydrogen) atoms. The molecule has 1 unspecified atom stereocenters. The second-order valence-electron chi connectivity index (χ2n) is 8.03. The Morgan fingerprint density at radius 2 is 1.83 bits per heavy atom. The molecule has 1 aromatic carbocycles. The first-order valence-corrected chi connectivity index (χ1v) is 12.2. The lowest BCUT2D eigenvalue weighted by atomic mass is 10.1. The lowest BCUT2D eigenvalue weighted by Gasteiger charge is -2.18. The summed E-state index contributed by atoms with van der Waals surface area (Å²) in [6.45, 7) is -0.916. The summed E-state index contributed by atoms with van der Waals surface area (Å²) in [7, 11) is -3.29. The molecule has 13 nitrogen and oxygen atoms in total. The van der Waals surface area contributed by atoms with Crippen molar-refractivity contribution in [3.8, 4) is 16.9 Å². The van der Waals surface area contributed by atoms with Gasteiger partial charge in [-0.1, -0.05) is 12.1 Å². The topological polar surface area (TPSA) is 183 Å². The Bertz CT molecular complexity index is 1400. The van der Waals surface area contributed by atoms with Crippen LogP contribution in [0.4, 0.5) is 0 Å². The van der Waals surface area contributed by atoms with Crippen molar-refractivity contribution < 1.29 is 38.6 Å². The number of rotatable bonds is 8. The molecule has 1 aliphatic rings. The van der Waals surface area contributed by atoms with E-state index in [1.165, 1.54) is 0 Å². The number of aliphatic hydroxyl groups excluding tert-OH is 2. The van der Waals surface area contributed by atoms with Gasteiger partial charge in [0.25, 0.3) is 5.56 Å². The van der Waals surface area contributed by atoms with Crippen molar-refractivity contribution in [2.24, 2.45) is 0 Å². The Morgan fingerprint density at radius 1 is 1.08 bits per heavy atom. The standard InChI is InChI=1S/C22H24N3O10P/c1-33-16-4-2-3-13(10-16)14-5-7-23-15(9-14)11-25-18(26)6-8-24(22(25)29)21-20(28)19(27)17(35-21)12-34-36(30,31)32/h2-10,17,19-21,27-28H,11-12H2,1H3,(H2,30,31,32)/t17-,19?,20+,21-/m1/s1. The maximum absolute atomic E-state index is 13.1. The Kier molecular flexibility index (Phi) is 7.52. The van der Waals surface area contributed by atoms with Crippen LogP contribution in [-0.4, -0.2) is 66.1 Å². The monoisotopic (exact) mass is 521 g/mol. The van der Waals surface area contributed by atoms with Gasteiger partial charge in [-0.05, 0) is 35.4 Å². The van der Waals surface area contributed by atoms with Crippen molar-refractivity contribution in [1.82, 2.24) is 14.1 Å². The predicted molar refractivity (Wildman–Crippen MR) is 124 cm³/mol. The summed E-state index contributed by atoms with van der Waals surface area (Å²) in [5.74, 6) is 0.662. The van der Waals surface area contributed by atoms with Crippen LogP contribution >= 0.6 is 7.82 Å². The summed E-state index contributed by atoms with van der Waals surface area (Å²) in [5, 5.41) is 20.6. The number of benzene rings is 1. The molecular formula is C22H24N3O10P. The van der Waals surface area contributed by atoms with Crippen LogP contribution in [0.15, 0.2) is 64.4 Å². The number of hydrogen-bond donors (Lipinski definition) is 4. The highest BCUT2D eigenvalue weighted by atomic mass is 31.2. The van der Waals surface area contributed by atoms with E-state index in [0.717, 1.165) is 32.5 Å². The zero-order chi connectivity index (χ0) is 26.0. The van der Waals surface area contributed by atoms with Crippen molar-refractivity contribution in [2.45, 2.75) is 31.1 Å². The van der Waals surface area contributed by atoms with Crippen LogP contribution < -0.4 is 16.0 Å². The molecule has 4 rings (SSSR count). The molecule has 1 aliphatic heterocycles. The average molecular weight is 521 g/mol. The Morgan fingerprint density at radius 3 is 2.56 bits per heavy atom. The summed E-state index contributed by atoms with van der Waals surface area (Å²) in [6.07, 6.45) is -3.34. The zero-order valence-electron chi connectivity index (χ0n) is 18.9. The average Bonchev–Trinajstić information content (AvgIpc) is 3.13. The molecule has 3 heterocycles. The third-order valence-electron chi connectivity index (χ3n) is 5.65. The minimum absolute atomic E-state index is 0.188. The molecule has 1 saturated heterocycles. The number of phosphoric acid groups is 1. The number of aromatic nitrogens is 3. The first kappa shape index (κ1) is 25.9. The fraction of sp³-hybridized carbons (Fsp3) is 0.318. The van der Waals surface area contributed by atoms with Crippen LogP contribution in [0.2, 0.25) is 0 Å². The fourth-order valence-electron chi connectivity index (χ4n) is 3.85. The second-order valence-corrected chi connectivity index (χ2v) is 9.27. The van der Waals surface area contributed by atoms with Gasteiger partial charge in [0.05, 0.1) is 26.0 Å². The van der Waals surface area contributed by atoms with Gasteiger partial charge in [0.2, 0.25) is 0 Å². The number of aliphatic hydroxyl groups is 2. The number of pyridine rings is 1. The second kappa shape index (κ2) is 10.4. The molecule has 0 amide bonds. The Balaban J connectivity index is 1.60. The molecule has 3 aromatic rings. The van der Waals surface area contributed by atoms with Crippen LogP contribution in [0.1, 0.15) is 11.9 Å². The van der Waals surface area contributed by atoms with E-state index in [4.69, 9.17) is 19.3 Å². The minimum atomic E-state index is -4.85. The van der Waals surface area contributed by atoms with Crippen LogP contribution in [0.25, 0.3) is 11.1 Å². The highest BCUT2D eigenvalue weighted by molar-refractivity contribution is 7.46. The number of ether oxygens (including phenoxy) is 2. The molecule has 192 valence electrons. The van der Waals surface area contributed by atoms with Crippen molar-refractivity contribution in [1.29, 1.82) is 0 Å². The largest absolute Gasteiger partial charge is 0.497 e. The summed E-state index contributed by atoms with van der Waals surface area (Å²) in [5.41, 5.74) is 0.570. The molecule has 0 aliphatic carbocycles. The van der Waals surface area contributed by atoms with Gasteiger partial charge in [0.15, 0.2) is 6.23 Å². The third kappa shape index (κ3) is 5.63. The van der Waals surface area contributed by atoms with Crippen LogP contribution in [0.5, 0.6) is 5.75 Å². The smallest absolute Gasteiger partial charge is 0.469 e. The van der Waals surface area contributed by atoms with Crippen molar-refractivity contribution in [3.63, 3.8) is 0 Å². The van der Waals surface area contributed by atoms with Gasteiger partial charge in [-0.25, -0.2) is 9.36 Å². The van der Waals surface area contributed by atoms with E-state index >= 15 is 0 Å². The third-order valence-corrected chi connectivity index (χ3v) is 6.14. The quantitative estimate of drug-likeness (QED) is 0.289. The first-order chi connectivity index (χ1) is 17.1. The fourth-order valence-corrected chi connectivity index (χ4v) is 4.19. The molecule has 2 aromatic heterocycles. The normalized spacial score (nSPS) is 22.0. The van der Waals surface area contributed by atoms with Crippen molar-refractivity contribution >= 4 is 7.82 Å². The summed E-state index contributed by atoms with van der Waals surface area (Å²) >= 11 is 0. The highest BCUT2D eigenvalue weighted by Crippen LogP contribution is 2.38. The molecule has 4 N–H and O–H groups in total. The molecule has 0 spiro atoms. The molecule has 0 radical (unpaired) electrons. The van der Waals surface area contributed by atoms with Gasteiger partial charge in [0.1, 0.15) is 24.1 Å². The van der Waals surface area contributed by atoms with Crippen LogP contribution in [0.3, 0.4) is 0 Å². The Hall–Kier alpha value is -3.16. The number of hydrogen-bond acceptors (Lipinski definition) is 9. The first-order valence-electron chi connectivity index (χ1n) is 10.7. The van der Waals surface area contributed by atoms with Gasteiger partial charge in [-0.3, -0.25) is 23.4 Å². The number of phosphoric ester groups is 1. The van der Waals surface area contributed by atoms with Gasteiger partial charge in [-0.15, -0.1) is 0 Å². The van der Waals surface area contributed by atoms with Crippen molar-refractivity contribution in [2.75, 3.05) is 13.7 Å². The molecule has 1 fully saturated rings. The van der Waals surface area contributed by atoms with Gasteiger partial charge in [0, 0.05) is 18.5 Å². The van der Waals surface area contributed by atoms with E-state index in [2.05, 4.69) is 9.51 Å². The van der Waals surface area contributed by atoms with Gasteiger partial charge >= 0.3 is 13.5 Å². The molecule has 0 bridgehead atoms. The van der Waals surface area contributed by atoms with E-state index < -0.39 is 50.2 Å². The van der Waals surface area contributed by atoms with Gasteiger partial charge < -0.3 is 29.5 Å². The maximum atomic E-state index is 13.1. The summed E-state index contributed by atoms with van der Waals surface area (Å²) < 4.78 is 27.8. The van der Waals surface area contributed by atoms with E-state index in [-0.39, 0.29) is 6.54 Å². The summed E-state index contributed by atoms with van der Waals surface area (Å²) in [4.78, 5) is 47.6. The van der Waals surface area contributed by atoms with Crippen LogP contribution in [-0.2, 0) is 20.4 Å². The predicted octanol–water partition coefficient (Wildman–Crippen LogP) is -0.143. The van der Waals surface area contributed by atoms with Crippen molar-refractivity contribution in [3.05, 3.63) is 81.4 Å². The lowest BCUT2D eigenvalue weighted by molar-refractivity contribution is -0.0548. The highest BCUT2D eigenvalue weighted by Gasteiger charge is 2.45. The molecule has 4 atom stereocenters.